The minimum absolute atomic E-state index is 0.140. The third kappa shape index (κ3) is 2.68. The van der Waals surface area contributed by atoms with Gasteiger partial charge in [0, 0.05) is 30.8 Å². The molecule has 138 valence electrons. The van der Waals surface area contributed by atoms with Gasteiger partial charge in [0.15, 0.2) is 0 Å². The number of benzene rings is 1. The first-order valence-corrected chi connectivity index (χ1v) is 9.65. The fraction of sp³-hybridized carbons (Fsp3) is 0.444. The molecule has 4 rings (SSSR count). The van der Waals surface area contributed by atoms with Gasteiger partial charge in [0.1, 0.15) is 11.4 Å². The number of carboxylic acids is 1. The van der Waals surface area contributed by atoms with E-state index in [-0.39, 0.29) is 10.9 Å². The van der Waals surface area contributed by atoms with E-state index in [0.29, 0.717) is 34.4 Å². The number of aromatic nitrogens is 1. The van der Waals surface area contributed by atoms with Gasteiger partial charge in [0.2, 0.25) is 5.43 Å². The van der Waals surface area contributed by atoms with Crippen LogP contribution in [0.2, 0.25) is 0 Å². The van der Waals surface area contributed by atoms with Gasteiger partial charge in [-0.2, -0.15) is 0 Å². The van der Waals surface area contributed by atoms with Crippen molar-refractivity contribution in [1.29, 1.82) is 0 Å². The number of halogens is 1. The molecule has 1 unspecified atom stereocenters. The number of carboxylic acid groups (broad SMARTS) is 1. The number of fused-ring (bicyclic) bond motifs is 3. The second kappa shape index (κ2) is 6.59. The largest absolute Gasteiger partial charge is 0.477 e. The first-order valence-electron chi connectivity index (χ1n) is 8.67. The van der Waals surface area contributed by atoms with Gasteiger partial charge in [-0.3, -0.25) is 4.79 Å². The van der Waals surface area contributed by atoms with Crippen LogP contribution in [-0.2, 0) is 6.54 Å². The van der Waals surface area contributed by atoms with E-state index >= 15 is 0 Å². The summed E-state index contributed by atoms with van der Waals surface area (Å²) in [7, 11) is 1.91. The summed E-state index contributed by atoms with van der Waals surface area (Å²) < 4.78 is 16.6. The monoisotopic (exact) mass is 377 g/mol. The fourth-order valence-electron chi connectivity index (χ4n) is 3.98. The molecular formula is C18H20FN3O3S. The van der Waals surface area contributed by atoms with E-state index in [4.69, 9.17) is 0 Å². The lowest BCUT2D eigenvalue weighted by atomic mass is 10.1. The summed E-state index contributed by atoms with van der Waals surface area (Å²) in [6.45, 7) is 3.04. The molecule has 1 atom stereocenters. The van der Waals surface area contributed by atoms with E-state index in [1.54, 1.807) is 6.07 Å². The quantitative estimate of drug-likeness (QED) is 0.849. The number of carbonyl (C=O) groups is 1. The molecule has 2 N–H and O–H groups in total. The Morgan fingerprint density at radius 1 is 1.42 bits per heavy atom. The summed E-state index contributed by atoms with van der Waals surface area (Å²) in [6.07, 6.45) is 0.990. The van der Waals surface area contributed by atoms with Crippen molar-refractivity contribution < 1.29 is 14.3 Å². The van der Waals surface area contributed by atoms with Crippen LogP contribution in [0, 0.1) is 11.7 Å². The predicted molar refractivity (Wildman–Crippen MR) is 100 cm³/mol. The number of anilines is 1. The van der Waals surface area contributed by atoms with E-state index in [1.165, 1.54) is 17.8 Å². The lowest BCUT2D eigenvalue weighted by Gasteiger charge is -2.21. The van der Waals surface area contributed by atoms with Crippen molar-refractivity contribution in [3.05, 3.63) is 33.7 Å². The summed E-state index contributed by atoms with van der Waals surface area (Å²) in [4.78, 5) is 26.2. The summed E-state index contributed by atoms with van der Waals surface area (Å²) in [6, 6.07) is 2.93. The molecule has 0 bridgehead atoms. The zero-order valence-corrected chi connectivity index (χ0v) is 15.2. The Hall–Kier alpha value is -2.06. The van der Waals surface area contributed by atoms with Gasteiger partial charge in [0.25, 0.3) is 0 Å². The molecule has 26 heavy (non-hydrogen) atoms. The Balaban J connectivity index is 1.87. The number of nitrogens with zero attached hydrogens (tertiary/aromatic N) is 2. The molecule has 0 amide bonds. The van der Waals surface area contributed by atoms with E-state index in [9.17, 15) is 19.1 Å². The molecule has 2 aliphatic heterocycles. The van der Waals surface area contributed by atoms with E-state index in [2.05, 4.69) is 5.32 Å². The van der Waals surface area contributed by atoms with E-state index in [0.717, 1.165) is 26.1 Å². The zero-order chi connectivity index (χ0) is 18.4. The summed E-state index contributed by atoms with van der Waals surface area (Å²) in [5.74, 6) is -0.552. The molecule has 1 saturated heterocycles. The van der Waals surface area contributed by atoms with E-state index < -0.39 is 17.2 Å². The standard InChI is InChI=1S/C18H20FN3O3S/c1-20-8-10-2-3-21(9-10)14-7-13-11(6-12(14)19)16(23)15(18(24)25)17-22(13)4-5-26-17/h6-7,10,20H,2-5,8-9H2,1H3,(H,24,25). The SMILES string of the molecule is CNCC1CCN(c2cc3c(cc2F)c(=O)c(C(=O)O)c2n3CCS2)C1. The molecule has 2 aromatic rings. The maximum Gasteiger partial charge on any atom is 0.342 e. The summed E-state index contributed by atoms with van der Waals surface area (Å²) in [5, 5.41) is 13.2. The molecule has 6 nitrogen and oxygen atoms in total. The number of pyridine rings is 1. The zero-order valence-electron chi connectivity index (χ0n) is 14.4. The Morgan fingerprint density at radius 3 is 2.96 bits per heavy atom. The van der Waals surface area contributed by atoms with Crippen LogP contribution < -0.4 is 15.6 Å². The van der Waals surface area contributed by atoms with Gasteiger partial charge < -0.3 is 19.9 Å². The highest BCUT2D eigenvalue weighted by atomic mass is 32.2. The molecule has 2 aliphatic rings. The molecule has 0 aliphatic carbocycles. The molecule has 0 spiro atoms. The molecule has 8 heteroatoms. The summed E-state index contributed by atoms with van der Waals surface area (Å²) in [5.41, 5.74) is 0.258. The number of rotatable bonds is 4. The first-order chi connectivity index (χ1) is 12.5. The minimum Gasteiger partial charge on any atom is -0.477 e. The third-order valence-electron chi connectivity index (χ3n) is 5.17. The van der Waals surface area contributed by atoms with Crippen LogP contribution in [0.5, 0.6) is 0 Å². The smallest absolute Gasteiger partial charge is 0.342 e. The lowest BCUT2D eigenvalue weighted by Crippen LogP contribution is -2.25. The van der Waals surface area contributed by atoms with Gasteiger partial charge >= 0.3 is 5.97 Å². The molecule has 3 heterocycles. The molecule has 1 fully saturated rings. The van der Waals surface area contributed by atoms with Crippen LogP contribution in [0.4, 0.5) is 10.1 Å². The second-order valence-corrected chi connectivity index (χ2v) is 7.88. The van der Waals surface area contributed by atoms with Crippen molar-refractivity contribution in [2.75, 3.05) is 37.3 Å². The first kappa shape index (κ1) is 17.4. The predicted octanol–water partition coefficient (Wildman–Crippen LogP) is 1.99. The Labute approximate surface area is 154 Å². The van der Waals surface area contributed by atoms with Crippen LogP contribution in [0.1, 0.15) is 16.8 Å². The highest BCUT2D eigenvalue weighted by Crippen LogP contribution is 2.35. The van der Waals surface area contributed by atoms with Gasteiger partial charge in [-0.25, -0.2) is 9.18 Å². The second-order valence-electron chi connectivity index (χ2n) is 6.79. The van der Waals surface area contributed by atoms with Crippen molar-refractivity contribution in [3.63, 3.8) is 0 Å². The normalized spacial score (nSPS) is 19.3. The maximum atomic E-state index is 14.8. The molecule has 1 aromatic heterocycles. The fourth-order valence-corrected chi connectivity index (χ4v) is 5.11. The average Bonchev–Trinajstić information content (AvgIpc) is 3.24. The van der Waals surface area contributed by atoms with Crippen molar-refractivity contribution >= 4 is 34.3 Å². The molecular weight excluding hydrogens is 357 g/mol. The van der Waals surface area contributed by atoms with Crippen LogP contribution in [0.3, 0.4) is 0 Å². The van der Waals surface area contributed by atoms with Crippen LogP contribution in [0.25, 0.3) is 10.9 Å². The van der Waals surface area contributed by atoms with Crippen molar-refractivity contribution in [2.24, 2.45) is 5.92 Å². The van der Waals surface area contributed by atoms with Gasteiger partial charge in [-0.05, 0) is 38.1 Å². The Kier molecular flexibility index (Phi) is 4.40. The maximum absolute atomic E-state index is 14.8. The highest BCUT2D eigenvalue weighted by molar-refractivity contribution is 7.99. The topological polar surface area (TPSA) is 74.6 Å². The number of nitrogens with one attached hydrogen (secondary N) is 1. The van der Waals surface area contributed by atoms with Crippen LogP contribution in [-0.4, -0.2) is 48.1 Å². The third-order valence-corrected chi connectivity index (χ3v) is 6.26. The highest BCUT2D eigenvalue weighted by Gasteiger charge is 2.29. The number of hydrogen-bond acceptors (Lipinski definition) is 5. The minimum atomic E-state index is -1.26. The Bertz CT molecular complexity index is 959. The Morgan fingerprint density at radius 2 is 2.23 bits per heavy atom. The number of hydrogen-bond donors (Lipinski definition) is 2. The van der Waals surface area contributed by atoms with Crippen molar-refractivity contribution in [1.82, 2.24) is 9.88 Å². The molecule has 0 saturated carbocycles. The number of aryl methyl sites for hydroxylation is 1. The van der Waals surface area contributed by atoms with Gasteiger partial charge in [-0.1, -0.05) is 0 Å². The van der Waals surface area contributed by atoms with Gasteiger partial charge in [0.05, 0.1) is 16.2 Å². The molecule has 1 aromatic carbocycles. The van der Waals surface area contributed by atoms with E-state index in [1.807, 2.05) is 16.5 Å². The summed E-state index contributed by atoms with van der Waals surface area (Å²) >= 11 is 1.37. The van der Waals surface area contributed by atoms with Crippen molar-refractivity contribution in [2.45, 2.75) is 18.0 Å². The molecule has 0 radical (unpaired) electrons. The van der Waals surface area contributed by atoms with Crippen molar-refractivity contribution in [3.8, 4) is 0 Å². The lowest BCUT2D eigenvalue weighted by molar-refractivity contribution is 0.0690. The number of thioether (sulfide) groups is 1. The average molecular weight is 377 g/mol. The van der Waals surface area contributed by atoms with Gasteiger partial charge in [-0.15, -0.1) is 11.8 Å². The van der Waals surface area contributed by atoms with Crippen LogP contribution in [0.15, 0.2) is 22.0 Å². The number of aromatic carboxylic acids is 1. The van der Waals surface area contributed by atoms with Crippen LogP contribution >= 0.6 is 11.8 Å².